The zero-order valence-electron chi connectivity index (χ0n) is 15.3. The quantitative estimate of drug-likeness (QED) is 0.553. The van der Waals surface area contributed by atoms with Crippen molar-refractivity contribution < 1.29 is 9.90 Å². The zero-order valence-corrected chi connectivity index (χ0v) is 15.3. The van der Waals surface area contributed by atoms with Gasteiger partial charge in [-0.3, -0.25) is 0 Å². The Morgan fingerprint density at radius 2 is 1.87 bits per heavy atom. The van der Waals surface area contributed by atoms with Crippen LogP contribution in [0.3, 0.4) is 0 Å². The summed E-state index contributed by atoms with van der Waals surface area (Å²) in [5.74, 6) is -0.476. The van der Waals surface area contributed by atoms with E-state index in [1.54, 1.807) is 13.0 Å². The lowest BCUT2D eigenvalue weighted by molar-refractivity contribution is -0.297. The second kappa shape index (κ2) is 8.14. The van der Waals surface area contributed by atoms with Gasteiger partial charge in [0.15, 0.2) is 0 Å². The molecule has 0 bridgehead atoms. The van der Waals surface area contributed by atoms with Gasteiger partial charge >= 0.3 is 0 Å². The molecule has 0 saturated carbocycles. The first-order valence-corrected chi connectivity index (χ1v) is 8.27. The molecule has 1 rings (SSSR count). The highest BCUT2D eigenvalue weighted by molar-refractivity contribution is 5.79. The summed E-state index contributed by atoms with van der Waals surface area (Å²) in [6.45, 7) is 13.0. The third-order valence-electron chi connectivity index (χ3n) is 4.91. The second-order valence-corrected chi connectivity index (χ2v) is 7.17. The van der Waals surface area contributed by atoms with E-state index in [0.717, 1.165) is 11.6 Å². The first kappa shape index (κ1) is 19.2. The SMILES string of the molecule is CC1=C(/C=C/C(C)=C/C=C/C(C)=C/C(=O)[O-])C(C)(C)C(C)CC1. The molecule has 126 valence electrons. The molecule has 2 heteroatoms. The van der Waals surface area contributed by atoms with E-state index in [2.05, 4.69) is 39.8 Å². The van der Waals surface area contributed by atoms with Gasteiger partial charge in [-0.1, -0.05) is 62.3 Å². The fourth-order valence-corrected chi connectivity index (χ4v) is 2.96. The summed E-state index contributed by atoms with van der Waals surface area (Å²) in [7, 11) is 0. The highest BCUT2D eigenvalue weighted by Crippen LogP contribution is 2.44. The lowest BCUT2D eigenvalue weighted by Crippen LogP contribution is -2.28. The Balaban J connectivity index is 2.85. The average molecular weight is 313 g/mol. The molecule has 0 N–H and O–H groups in total. The van der Waals surface area contributed by atoms with E-state index in [-0.39, 0.29) is 5.41 Å². The van der Waals surface area contributed by atoms with Crippen LogP contribution >= 0.6 is 0 Å². The smallest absolute Gasteiger partial charge is 0.0645 e. The predicted molar refractivity (Wildman–Crippen MR) is 95.7 cm³/mol. The fourth-order valence-electron chi connectivity index (χ4n) is 2.96. The number of hydrogen-bond acceptors (Lipinski definition) is 2. The van der Waals surface area contributed by atoms with Gasteiger partial charge in [-0.25, -0.2) is 0 Å². The fraction of sp³-hybridized carbons (Fsp3) is 0.476. The minimum atomic E-state index is -1.16. The van der Waals surface area contributed by atoms with Crippen LogP contribution in [0, 0.1) is 11.3 Å². The molecule has 0 aliphatic heterocycles. The van der Waals surface area contributed by atoms with Crippen LogP contribution in [-0.4, -0.2) is 5.97 Å². The molecule has 0 radical (unpaired) electrons. The summed E-state index contributed by atoms with van der Waals surface area (Å²) < 4.78 is 0. The van der Waals surface area contributed by atoms with Crippen LogP contribution in [0.25, 0.3) is 0 Å². The number of aliphatic carboxylic acids is 1. The molecule has 0 spiro atoms. The Hall–Kier alpha value is -1.83. The minimum absolute atomic E-state index is 0.211. The standard InChI is InChI=1S/C21H30O2/c1-15(8-7-9-16(2)14-20(22)23)10-13-19-17(3)11-12-18(4)21(19,5)6/h7-10,13-14,18H,11-12H2,1-6H3,(H,22,23)/p-1/b9-7+,13-10+,15-8+,16-14+. The van der Waals surface area contributed by atoms with E-state index < -0.39 is 5.97 Å². The van der Waals surface area contributed by atoms with Crippen LogP contribution in [0.15, 0.2) is 58.7 Å². The number of carboxylic acids is 1. The van der Waals surface area contributed by atoms with Crippen LogP contribution in [-0.2, 0) is 4.79 Å². The molecule has 0 heterocycles. The molecule has 1 aliphatic rings. The number of hydrogen-bond donors (Lipinski definition) is 0. The van der Waals surface area contributed by atoms with E-state index in [1.165, 1.54) is 24.0 Å². The largest absolute Gasteiger partial charge is 0.545 e. The summed E-state index contributed by atoms with van der Waals surface area (Å²) in [5.41, 5.74) is 4.94. The van der Waals surface area contributed by atoms with Crippen molar-refractivity contribution >= 4 is 5.97 Å². The maximum Gasteiger partial charge on any atom is 0.0645 e. The summed E-state index contributed by atoms with van der Waals surface area (Å²) in [4.78, 5) is 10.4. The van der Waals surface area contributed by atoms with Gasteiger partial charge in [-0.2, -0.15) is 0 Å². The van der Waals surface area contributed by atoms with Crippen molar-refractivity contribution in [2.75, 3.05) is 0 Å². The lowest BCUT2D eigenvalue weighted by Gasteiger charge is -2.39. The van der Waals surface area contributed by atoms with Gasteiger partial charge in [-0.15, -0.1) is 0 Å². The molecule has 0 fully saturated rings. The van der Waals surface area contributed by atoms with Crippen LogP contribution < -0.4 is 5.11 Å². The minimum Gasteiger partial charge on any atom is -0.545 e. The van der Waals surface area contributed by atoms with E-state index in [0.29, 0.717) is 11.5 Å². The Bertz CT molecular complexity index is 595. The van der Waals surface area contributed by atoms with Gasteiger partial charge < -0.3 is 9.90 Å². The maximum atomic E-state index is 10.4. The Labute approximate surface area is 141 Å². The van der Waals surface area contributed by atoms with Crippen molar-refractivity contribution in [3.63, 3.8) is 0 Å². The third kappa shape index (κ3) is 5.70. The monoisotopic (exact) mass is 313 g/mol. The first-order chi connectivity index (χ1) is 10.6. The summed E-state index contributed by atoms with van der Waals surface area (Å²) >= 11 is 0. The molecule has 1 aliphatic carbocycles. The summed E-state index contributed by atoms with van der Waals surface area (Å²) in [6.07, 6.45) is 13.5. The molecule has 0 aromatic carbocycles. The van der Waals surface area contributed by atoms with Crippen LogP contribution in [0.1, 0.15) is 54.4 Å². The molecule has 1 atom stereocenters. The molecule has 0 aromatic rings. The second-order valence-electron chi connectivity index (χ2n) is 7.17. The number of carbonyl (C=O) groups is 1. The maximum absolute atomic E-state index is 10.4. The van der Waals surface area contributed by atoms with Crippen LogP contribution in [0.2, 0.25) is 0 Å². The topological polar surface area (TPSA) is 40.1 Å². The molecular formula is C21H29O2-. The van der Waals surface area contributed by atoms with Gasteiger partial charge in [0, 0.05) is 0 Å². The lowest BCUT2D eigenvalue weighted by atomic mass is 9.66. The Morgan fingerprint density at radius 1 is 1.22 bits per heavy atom. The van der Waals surface area contributed by atoms with Crippen LogP contribution in [0.5, 0.6) is 0 Å². The van der Waals surface area contributed by atoms with E-state index in [4.69, 9.17) is 0 Å². The molecule has 0 saturated heterocycles. The van der Waals surface area contributed by atoms with Crippen molar-refractivity contribution in [2.45, 2.75) is 54.4 Å². The van der Waals surface area contributed by atoms with E-state index >= 15 is 0 Å². The zero-order chi connectivity index (χ0) is 17.6. The molecule has 0 aromatic heterocycles. The Kier molecular flexibility index (Phi) is 6.80. The first-order valence-electron chi connectivity index (χ1n) is 8.27. The third-order valence-corrected chi connectivity index (χ3v) is 4.91. The molecule has 0 amide bonds. The number of carboxylic acid groups (broad SMARTS) is 1. The van der Waals surface area contributed by atoms with Crippen LogP contribution in [0.4, 0.5) is 0 Å². The summed E-state index contributed by atoms with van der Waals surface area (Å²) in [6, 6.07) is 0. The van der Waals surface area contributed by atoms with E-state index in [9.17, 15) is 9.90 Å². The van der Waals surface area contributed by atoms with Gasteiger partial charge in [0.2, 0.25) is 0 Å². The average Bonchev–Trinajstić information content (AvgIpc) is 2.42. The molecule has 2 nitrogen and oxygen atoms in total. The molecule has 23 heavy (non-hydrogen) atoms. The number of allylic oxidation sites excluding steroid dienone is 9. The van der Waals surface area contributed by atoms with Crippen molar-refractivity contribution in [3.05, 3.63) is 58.7 Å². The highest BCUT2D eigenvalue weighted by Gasteiger charge is 2.32. The highest BCUT2D eigenvalue weighted by atomic mass is 16.4. The van der Waals surface area contributed by atoms with Gasteiger partial charge in [0.1, 0.15) is 0 Å². The van der Waals surface area contributed by atoms with Crippen molar-refractivity contribution in [3.8, 4) is 0 Å². The number of rotatable bonds is 5. The Morgan fingerprint density at radius 3 is 2.48 bits per heavy atom. The molecular weight excluding hydrogens is 284 g/mol. The van der Waals surface area contributed by atoms with Gasteiger partial charge in [0.25, 0.3) is 0 Å². The van der Waals surface area contributed by atoms with E-state index in [1.807, 2.05) is 19.1 Å². The predicted octanol–water partition coefficient (Wildman–Crippen LogP) is 4.51. The molecule has 1 unspecified atom stereocenters. The number of carbonyl (C=O) groups excluding carboxylic acids is 1. The van der Waals surface area contributed by atoms with Crippen molar-refractivity contribution in [1.29, 1.82) is 0 Å². The summed E-state index contributed by atoms with van der Waals surface area (Å²) in [5, 5.41) is 10.4. The van der Waals surface area contributed by atoms with Gasteiger partial charge in [0.05, 0.1) is 5.97 Å². The normalized spacial score (nSPS) is 23.1. The van der Waals surface area contributed by atoms with Gasteiger partial charge in [-0.05, 0) is 62.2 Å². The van der Waals surface area contributed by atoms with Crippen molar-refractivity contribution in [2.24, 2.45) is 11.3 Å². The van der Waals surface area contributed by atoms with Crippen molar-refractivity contribution in [1.82, 2.24) is 0 Å².